The first-order chi connectivity index (χ1) is 14.9. The molecule has 1 heterocycles. The van der Waals surface area contributed by atoms with Crippen molar-refractivity contribution in [3.8, 4) is 11.5 Å². The van der Waals surface area contributed by atoms with Crippen LogP contribution in [0.15, 0.2) is 40.9 Å². The number of rotatable bonds is 8. The molecule has 0 unspecified atom stereocenters. The summed E-state index contributed by atoms with van der Waals surface area (Å²) in [6.45, 7) is 4.00. The second-order valence-electron chi connectivity index (χ2n) is 7.47. The van der Waals surface area contributed by atoms with Crippen LogP contribution in [0.25, 0.3) is 0 Å². The lowest BCUT2D eigenvalue weighted by Gasteiger charge is -2.33. The number of nitrogens with two attached hydrogens (primary N) is 1. The molecule has 0 aliphatic carbocycles. The van der Waals surface area contributed by atoms with Gasteiger partial charge in [-0.2, -0.15) is 0 Å². The number of benzene rings is 2. The van der Waals surface area contributed by atoms with Crippen molar-refractivity contribution >= 4 is 39.1 Å². The zero-order chi connectivity index (χ0) is 22.4. The van der Waals surface area contributed by atoms with Crippen molar-refractivity contribution in [2.24, 2.45) is 11.7 Å². The largest absolute Gasteiger partial charge is 0.493 e. The summed E-state index contributed by atoms with van der Waals surface area (Å²) in [4.78, 5) is 26.7. The monoisotopic (exact) mass is 489 g/mol. The number of ether oxygens (including phenoxy) is 2. The third-order valence-corrected chi connectivity index (χ3v) is 5.92. The van der Waals surface area contributed by atoms with Crippen LogP contribution < -0.4 is 25.4 Å². The Kier molecular flexibility index (Phi) is 7.79. The minimum absolute atomic E-state index is 0.0868. The van der Waals surface area contributed by atoms with E-state index in [9.17, 15) is 9.59 Å². The molecular weight excluding hydrogens is 462 g/mol. The number of hydrogen-bond donors (Lipinski definition) is 2. The van der Waals surface area contributed by atoms with Gasteiger partial charge in [-0.1, -0.05) is 19.1 Å². The second kappa shape index (κ2) is 10.5. The van der Waals surface area contributed by atoms with Crippen molar-refractivity contribution in [1.82, 2.24) is 0 Å². The number of methoxy groups -OCH3 is 1. The molecule has 1 aliphatic rings. The molecule has 0 spiro atoms. The normalized spacial score (nSPS) is 14.2. The van der Waals surface area contributed by atoms with Gasteiger partial charge in [0.05, 0.1) is 29.6 Å². The van der Waals surface area contributed by atoms with Crippen LogP contribution in [0.2, 0.25) is 0 Å². The molecular formula is C23H28BrN3O4. The SMILES string of the molecule is CCCOc1c(Br)cc(C(=O)Nc2ccccc2N2CCC(C(N)=O)CC2)cc1OC. The maximum atomic E-state index is 13.0. The standard InChI is InChI=1S/C23H28BrN3O4/c1-3-12-31-21-17(24)13-16(14-20(21)30-2)23(29)26-18-6-4-5-7-19(18)27-10-8-15(9-11-27)22(25)28/h4-7,13-15H,3,8-12H2,1-2H3,(H2,25,28)(H,26,29). The lowest BCUT2D eigenvalue weighted by Crippen LogP contribution is -2.38. The van der Waals surface area contributed by atoms with E-state index in [1.54, 1.807) is 19.2 Å². The van der Waals surface area contributed by atoms with Crippen molar-refractivity contribution in [2.45, 2.75) is 26.2 Å². The van der Waals surface area contributed by atoms with Crippen molar-refractivity contribution < 1.29 is 19.1 Å². The van der Waals surface area contributed by atoms with Crippen LogP contribution in [0.3, 0.4) is 0 Å². The summed E-state index contributed by atoms with van der Waals surface area (Å²) in [6, 6.07) is 11.1. The van der Waals surface area contributed by atoms with Gasteiger partial charge in [-0.15, -0.1) is 0 Å². The summed E-state index contributed by atoms with van der Waals surface area (Å²) in [5.41, 5.74) is 7.54. The molecule has 31 heavy (non-hydrogen) atoms. The minimum atomic E-state index is -0.250. The molecule has 0 saturated carbocycles. The van der Waals surface area contributed by atoms with Gasteiger partial charge in [0.15, 0.2) is 11.5 Å². The summed E-state index contributed by atoms with van der Waals surface area (Å²) in [7, 11) is 1.55. The fourth-order valence-electron chi connectivity index (χ4n) is 3.65. The maximum absolute atomic E-state index is 13.0. The number of anilines is 2. The smallest absolute Gasteiger partial charge is 0.255 e. The summed E-state index contributed by atoms with van der Waals surface area (Å²) < 4.78 is 11.8. The van der Waals surface area contributed by atoms with E-state index >= 15 is 0 Å². The fourth-order valence-corrected chi connectivity index (χ4v) is 4.21. The molecule has 7 nitrogen and oxygen atoms in total. The first-order valence-corrected chi connectivity index (χ1v) is 11.2. The molecule has 166 valence electrons. The van der Waals surface area contributed by atoms with E-state index in [-0.39, 0.29) is 17.7 Å². The van der Waals surface area contributed by atoms with E-state index in [1.807, 2.05) is 31.2 Å². The summed E-state index contributed by atoms with van der Waals surface area (Å²) in [5, 5.41) is 3.01. The van der Waals surface area contributed by atoms with Crippen molar-refractivity contribution in [3.63, 3.8) is 0 Å². The molecule has 8 heteroatoms. The Morgan fingerprint density at radius 3 is 2.58 bits per heavy atom. The molecule has 1 aliphatic heterocycles. The van der Waals surface area contributed by atoms with Crippen LogP contribution in [0.1, 0.15) is 36.5 Å². The van der Waals surface area contributed by atoms with Crippen LogP contribution >= 0.6 is 15.9 Å². The predicted octanol–water partition coefficient (Wildman–Crippen LogP) is 4.20. The van der Waals surface area contributed by atoms with E-state index in [4.69, 9.17) is 15.2 Å². The average molecular weight is 490 g/mol. The quantitative estimate of drug-likeness (QED) is 0.579. The lowest BCUT2D eigenvalue weighted by molar-refractivity contribution is -0.122. The summed E-state index contributed by atoms with van der Waals surface area (Å²) >= 11 is 3.49. The molecule has 0 bridgehead atoms. The van der Waals surface area contributed by atoms with Gasteiger partial charge in [0, 0.05) is 24.6 Å². The Morgan fingerprint density at radius 2 is 1.94 bits per heavy atom. The van der Waals surface area contributed by atoms with Crippen molar-refractivity contribution in [2.75, 3.05) is 37.0 Å². The Balaban J connectivity index is 1.79. The molecule has 0 aromatic heterocycles. The van der Waals surface area contributed by atoms with Gasteiger partial charge in [-0.05, 0) is 59.5 Å². The molecule has 2 amide bonds. The molecule has 0 radical (unpaired) electrons. The number of nitrogens with one attached hydrogen (secondary N) is 1. The highest BCUT2D eigenvalue weighted by Gasteiger charge is 2.25. The predicted molar refractivity (Wildman–Crippen MR) is 125 cm³/mol. The summed E-state index contributed by atoms with van der Waals surface area (Å²) in [5.74, 6) is 0.498. The van der Waals surface area contributed by atoms with E-state index in [1.165, 1.54) is 0 Å². The van der Waals surface area contributed by atoms with Crippen LogP contribution in [0.5, 0.6) is 11.5 Å². The second-order valence-corrected chi connectivity index (χ2v) is 8.33. The minimum Gasteiger partial charge on any atom is -0.493 e. The lowest BCUT2D eigenvalue weighted by atomic mass is 9.96. The highest BCUT2D eigenvalue weighted by atomic mass is 79.9. The molecule has 0 atom stereocenters. The average Bonchev–Trinajstić information content (AvgIpc) is 2.78. The number of amides is 2. The van der Waals surface area contributed by atoms with Crippen molar-refractivity contribution in [3.05, 3.63) is 46.4 Å². The first kappa shape index (κ1) is 22.9. The van der Waals surface area contributed by atoms with Crippen LogP contribution in [-0.2, 0) is 4.79 Å². The van der Waals surface area contributed by atoms with Gasteiger partial charge in [0.2, 0.25) is 5.91 Å². The van der Waals surface area contributed by atoms with Crippen LogP contribution in [0, 0.1) is 5.92 Å². The van der Waals surface area contributed by atoms with E-state index in [2.05, 4.69) is 26.1 Å². The number of hydrogen-bond acceptors (Lipinski definition) is 5. The molecule has 2 aromatic rings. The van der Waals surface area contributed by atoms with Gasteiger partial charge < -0.3 is 25.4 Å². The molecule has 3 rings (SSSR count). The number of primary amides is 1. The van der Waals surface area contributed by atoms with E-state index in [0.717, 1.165) is 12.1 Å². The highest BCUT2D eigenvalue weighted by Crippen LogP contribution is 2.37. The Bertz CT molecular complexity index is 942. The number of para-hydroxylation sites is 2. The molecule has 1 saturated heterocycles. The molecule has 1 fully saturated rings. The van der Waals surface area contributed by atoms with Gasteiger partial charge in [0.25, 0.3) is 5.91 Å². The van der Waals surface area contributed by atoms with Crippen LogP contribution in [0.4, 0.5) is 11.4 Å². The zero-order valence-corrected chi connectivity index (χ0v) is 19.4. The maximum Gasteiger partial charge on any atom is 0.255 e. The highest BCUT2D eigenvalue weighted by molar-refractivity contribution is 9.10. The topological polar surface area (TPSA) is 93.9 Å². The van der Waals surface area contributed by atoms with Gasteiger partial charge >= 0.3 is 0 Å². The number of piperidine rings is 1. The first-order valence-electron chi connectivity index (χ1n) is 10.4. The molecule has 2 aromatic carbocycles. The van der Waals surface area contributed by atoms with Crippen LogP contribution in [-0.4, -0.2) is 38.6 Å². The third kappa shape index (κ3) is 5.50. The third-order valence-electron chi connectivity index (χ3n) is 5.33. The molecule has 3 N–H and O–H groups in total. The van der Waals surface area contributed by atoms with E-state index < -0.39 is 0 Å². The number of carbonyl (C=O) groups is 2. The van der Waals surface area contributed by atoms with Crippen molar-refractivity contribution in [1.29, 1.82) is 0 Å². The number of halogens is 1. The summed E-state index contributed by atoms with van der Waals surface area (Å²) in [6.07, 6.45) is 2.28. The van der Waals surface area contributed by atoms with Gasteiger partial charge in [-0.25, -0.2) is 0 Å². The van der Waals surface area contributed by atoms with Gasteiger partial charge in [-0.3, -0.25) is 9.59 Å². The number of carbonyl (C=O) groups excluding carboxylic acids is 2. The van der Waals surface area contributed by atoms with E-state index in [0.29, 0.717) is 59.8 Å². The Morgan fingerprint density at radius 1 is 1.23 bits per heavy atom. The Hall–Kier alpha value is -2.74. The van der Waals surface area contributed by atoms with Gasteiger partial charge in [0.1, 0.15) is 0 Å². The zero-order valence-electron chi connectivity index (χ0n) is 17.8. The fraction of sp³-hybridized carbons (Fsp3) is 0.391. The Labute approximate surface area is 191 Å². The number of nitrogens with zero attached hydrogens (tertiary/aromatic N) is 1.